The summed E-state index contributed by atoms with van der Waals surface area (Å²) in [4.78, 5) is 16.0. The van der Waals surface area contributed by atoms with Gasteiger partial charge in [0.05, 0.1) is 10.7 Å². The number of benzene rings is 2. The van der Waals surface area contributed by atoms with E-state index in [-0.39, 0.29) is 5.56 Å². The van der Waals surface area contributed by atoms with Crippen LogP contribution in [-0.4, -0.2) is 20.5 Å². The van der Waals surface area contributed by atoms with Crippen molar-refractivity contribution in [2.45, 2.75) is 13.5 Å². The Morgan fingerprint density at radius 2 is 1.93 bits per heavy atom. The molecule has 0 saturated carbocycles. The normalized spacial score (nSPS) is 10.9. The summed E-state index contributed by atoms with van der Waals surface area (Å²) >= 11 is 6.29. The maximum atomic E-state index is 11.5. The van der Waals surface area contributed by atoms with Crippen LogP contribution in [0.25, 0.3) is 16.8 Å². The second kappa shape index (κ2) is 7.95. The lowest BCUT2D eigenvalue weighted by molar-refractivity contribution is 0.0706. The van der Waals surface area contributed by atoms with Gasteiger partial charge in [0.15, 0.2) is 0 Å². The number of pyridine rings is 1. The summed E-state index contributed by atoms with van der Waals surface area (Å²) in [6, 6.07) is 15.3. The molecule has 0 atom stereocenters. The molecule has 0 bridgehead atoms. The van der Waals surface area contributed by atoms with Crippen LogP contribution in [0, 0.1) is 6.92 Å². The van der Waals surface area contributed by atoms with Crippen LogP contribution < -0.4 is 10.8 Å². The summed E-state index contributed by atoms with van der Waals surface area (Å²) in [6.07, 6.45) is 5.75. The number of hydrogen-bond donors (Lipinski definition) is 3. The lowest BCUT2D eigenvalue weighted by Crippen LogP contribution is -2.18. The molecule has 7 heteroatoms. The zero-order valence-electron chi connectivity index (χ0n) is 15.7. The molecule has 4 aromatic rings. The van der Waals surface area contributed by atoms with Crippen molar-refractivity contribution in [1.82, 2.24) is 14.9 Å². The molecule has 0 spiro atoms. The third kappa shape index (κ3) is 3.94. The molecule has 0 saturated heterocycles. The van der Waals surface area contributed by atoms with Crippen LogP contribution in [0.2, 0.25) is 5.02 Å². The number of nitrogens with zero attached hydrogens (tertiary/aromatic N) is 2. The van der Waals surface area contributed by atoms with Crippen molar-refractivity contribution in [2.24, 2.45) is 0 Å². The zero-order valence-corrected chi connectivity index (χ0v) is 16.4. The fourth-order valence-corrected chi connectivity index (χ4v) is 3.44. The number of aromatic nitrogens is 2. The van der Waals surface area contributed by atoms with E-state index in [4.69, 9.17) is 16.8 Å². The Labute approximate surface area is 172 Å². The highest BCUT2D eigenvalue weighted by Crippen LogP contribution is 2.26. The first-order valence-electron chi connectivity index (χ1n) is 9.05. The summed E-state index contributed by atoms with van der Waals surface area (Å²) in [7, 11) is 0. The third-order valence-electron chi connectivity index (χ3n) is 4.75. The Kier molecular flexibility index (Phi) is 5.20. The molecule has 6 nitrogen and oxygen atoms in total. The van der Waals surface area contributed by atoms with Crippen LogP contribution in [0.1, 0.15) is 21.5 Å². The smallest absolute Gasteiger partial charge is 0.274 e. The average Bonchev–Trinajstić information content (AvgIpc) is 3.21. The number of carbonyl (C=O) groups excluding carboxylic acids is 1. The number of amides is 1. The number of imidazole rings is 1. The fraction of sp³-hybridized carbons (Fsp3) is 0.0909. The Morgan fingerprint density at radius 1 is 1.14 bits per heavy atom. The first kappa shape index (κ1) is 19.0. The predicted octanol–water partition coefficient (Wildman–Crippen LogP) is 4.69. The quantitative estimate of drug-likeness (QED) is 0.332. The van der Waals surface area contributed by atoms with Gasteiger partial charge in [-0.05, 0) is 42.3 Å². The van der Waals surface area contributed by atoms with Crippen LogP contribution >= 0.6 is 11.6 Å². The number of hydrogen-bond acceptors (Lipinski definition) is 4. The number of anilines is 1. The molecule has 0 unspecified atom stereocenters. The summed E-state index contributed by atoms with van der Waals surface area (Å²) in [5, 5.41) is 12.4. The molecular weight excluding hydrogens is 388 g/mol. The number of halogens is 1. The minimum Gasteiger partial charge on any atom is -0.380 e. The van der Waals surface area contributed by atoms with Gasteiger partial charge < -0.3 is 9.72 Å². The standard InChI is InChI=1S/C22H19ClN4O2/c1-14-2-4-15(5-3-14)18-10-17(21-24-8-9-27(21)13-18)12-25-20-7-6-16(11-19(20)23)22(28)26-29/h2-11,13,25,29H,12H2,1H3,(H,26,28). The SMILES string of the molecule is Cc1ccc(-c2cc(CNc3ccc(C(=O)NO)cc3Cl)c3nccn3c2)cc1. The van der Waals surface area contributed by atoms with E-state index in [0.717, 1.165) is 22.3 Å². The van der Waals surface area contributed by atoms with E-state index in [2.05, 4.69) is 53.8 Å². The Morgan fingerprint density at radius 3 is 2.66 bits per heavy atom. The minimum absolute atomic E-state index is 0.278. The first-order valence-corrected chi connectivity index (χ1v) is 9.43. The summed E-state index contributed by atoms with van der Waals surface area (Å²) in [6.45, 7) is 2.57. The van der Waals surface area contributed by atoms with Crippen LogP contribution in [0.4, 0.5) is 5.69 Å². The van der Waals surface area contributed by atoms with Crippen molar-refractivity contribution in [3.05, 3.63) is 88.8 Å². The largest absolute Gasteiger partial charge is 0.380 e. The van der Waals surface area contributed by atoms with Crippen molar-refractivity contribution in [3.8, 4) is 11.1 Å². The highest BCUT2D eigenvalue weighted by molar-refractivity contribution is 6.33. The molecule has 0 aliphatic heterocycles. The van der Waals surface area contributed by atoms with Crippen molar-refractivity contribution >= 4 is 28.8 Å². The van der Waals surface area contributed by atoms with Gasteiger partial charge in [0.1, 0.15) is 5.65 Å². The van der Waals surface area contributed by atoms with Gasteiger partial charge >= 0.3 is 0 Å². The number of hydroxylamine groups is 1. The number of fused-ring (bicyclic) bond motifs is 1. The Balaban J connectivity index is 1.63. The van der Waals surface area contributed by atoms with Gasteiger partial charge in [-0.1, -0.05) is 41.4 Å². The summed E-state index contributed by atoms with van der Waals surface area (Å²) in [5.74, 6) is -0.608. The van der Waals surface area contributed by atoms with Crippen LogP contribution in [-0.2, 0) is 6.54 Å². The van der Waals surface area contributed by atoms with Crippen molar-refractivity contribution in [3.63, 3.8) is 0 Å². The molecule has 29 heavy (non-hydrogen) atoms. The van der Waals surface area contributed by atoms with E-state index in [9.17, 15) is 4.79 Å². The number of aryl methyl sites for hydroxylation is 1. The van der Waals surface area contributed by atoms with E-state index in [1.54, 1.807) is 23.8 Å². The Bertz CT molecular complexity index is 1190. The van der Waals surface area contributed by atoms with Gasteiger partial charge in [0, 0.05) is 36.3 Å². The van der Waals surface area contributed by atoms with Gasteiger partial charge in [-0.3, -0.25) is 10.0 Å². The second-order valence-corrected chi connectivity index (χ2v) is 7.17. The highest BCUT2D eigenvalue weighted by atomic mass is 35.5. The molecule has 0 aliphatic rings. The van der Waals surface area contributed by atoms with E-state index >= 15 is 0 Å². The van der Waals surface area contributed by atoms with E-state index < -0.39 is 5.91 Å². The molecule has 0 fully saturated rings. The van der Waals surface area contributed by atoms with Gasteiger partial charge in [-0.15, -0.1) is 0 Å². The molecule has 1 amide bonds. The third-order valence-corrected chi connectivity index (χ3v) is 5.06. The zero-order chi connectivity index (χ0) is 20.4. The monoisotopic (exact) mass is 406 g/mol. The van der Waals surface area contributed by atoms with Crippen LogP contribution in [0.3, 0.4) is 0 Å². The lowest BCUT2D eigenvalue weighted by Gasteiger charge is -2.12. The Hall–Kier alpha value is -3.35. The maximum Gasteiger partial charge on any atom is 0.274 e. The van der Waals surface area contributed by atoms with Gasteiger partial charge in [-0.25, -0.2) is 10.5 Å². The molecule has 2 aromatic carbocycles. The molecule has 0 aliphatic carbocycles. The molecular formula is C22H19ClN4O2. The minimum atomic E-state index is -0.608. The van der Waals surface area contributed by atoms with Crippen LogP contribution in [0.15, 0.2) is 67.1 Å². The number of nitrogens with one attached hydrogen (secondary N) is 2. The lowest BCUT2D eigenvalue weighted by atomic mass is 10.0. The van der Waals surface area contributed by atoms with Crippen molar-refractivity contribution in [1.29, 1.82) is 0 Å². The van der Waals surface area contributed by atoms with E-state index in [1.165, 1.54) is 11.6 Å². The molecule has 0 radical (unpaired) electrons. The topological polar surface area (TPSA) is 78.7 Å². The molecule has 4 rings (SSSR count). The average molecular weight is 407 g/mol. The first-order chi connectivity index (χ1) is 14.0. The van der Waals surface area contributed by atoms with E-state index in [0.29, 0.717) is 17.3 Å². The second-order valence-electron chi connectivity index (χ2n) is 6.77. The van der Waals surface area contributed by atoms with Crippen LogP contribution in [0.5, 0.6) is 0 Å². The number of rotatable bonds is 5. The fourth-order valence-electron chi connectivity index (χ4n) is 3.19. The summed E-state index contributed by atoms with van der Waals surface area (Å²) in [5.41, 5.74) is 7.88. The number of carbonyl (C=O) groups is 1. The van der Waals surface area contributed by atoms with E-state index in [1.807, 2.05) is 10.6 Å². The van der Waals surface area contributed by atoms with Gasteiger partial charge in [-0.2, -0.15) is 0 Å². The molecule has 3 N–H and O–H groups in total. The van der Waals surface area contributed by atoms with Gasteiger partial charge in [0.2, 0.25) is 0 Å². The summed E-state index contributed by atoms with van der Waals surface area (Å²) < 4.78 is 2.00. The molecule has 2 aromatic heterocycles. The molecule has 2 heterocycles. The molecule has 146 valence electrons. The van der Waals surface area contributed by atoms with Gasteiger partial charge in [0.25, 0.3) is 5.91 Å². The van der Waals surface area contributed by atoms with Crippen molar-refractivity contribution in [2.75, 3.05) is 5.32 Å². The maximum absolute atomic E-state index is 11.5. The highest BCUT2D eigenvalue weighted by Gasteiger charge is 2.10. The predicted molar refractivity (Wildman–Crippen MR) is 113 cm³/mol. The van der Waals surface area contributed by atoms with Crippen molar-refractivity contribution < 1.29 is 10.0 Å².